The summed E-state index contributed by atoms with van der Waals surface area (Å²) in [6, 6.07) is 22.6. The van der Waals surface area contributed by atoms with Gasteiger partial charge < -0.3 is 5.11 Å². The van der Waals surface area contributed by atoms with Crippen molar-refractivity contribution in [2.45, 2.75) is 71.1 Å². The third kappa shape index (κ3) is 4.66. The lowest BCUT2D eigenvalue weighted by molar-refractivity contribution is 0.444. The zero-order chi connectivity index (χ0) is 23.6. The molecule has 0 aliphatic rings. The van der Waals surface area contributed by atoms with E-state index in [1.807, 2.05) is 24.3 Å². The van der Waals surface area contributed by atoms with E-state index in [0.717, 1.165) is 17.5 Å². The molecule has 1 heterocycles. The Morgan fingerprint density at radius 2 is 1.45 bits per heavy atom. The number of phenols is 1. The van der Waals surface area contributed by atoms with E-state index in [0.29, 0.717) is 5.69 Å². The number of nitrogens with zero attached hydrogens (tertiary/aromatic N) is 3. The van der Waals surface area contributed by atoms with Crippen LogP contribution in [0.15, 0.2) is 66.7 Å². The lowest BCUT2D eigenvalue weighted by Crippen LogP contribution is -2.18. The molecule has 4 nitrogen and oxygen atoms in total. The molecule has 0 spiro atoms. The number of benzene rings is 3. The lowest BCUT2D eigenvalue weighted by atomic mass is 9.78. The van der Waals surface area contributed by atoms with E-state index in [-0.39, 0.29) is 16.6 Å². The maximum atomic E-state index is 10.6. The molecule has 0 saturated carbocycles. The Bertz CT molecular complexity index is 1240. The smallest absolute Gasteiger partial charge is 0.143 e. The summed E-state index contributed by atoms with van der Waals surface area (Å²) < 4.78 is 0. The van der Waals surface area contributed by atoms with Gasteiger partial charge >= 0.3 is 0 Å². The molecule has 0 unspecified atom stereocenters. The number of hydrogen-bond donors (Lipinski definition) is 1. The Labute approximate surface area is 197 Å². The van der Waals surface area contributed by atoms with Crippen LogP contribution >= 0.6 is 0 Å². The Hall–Kier alpha value is -3.14. The van der Waals surface area contributed by atoms with Gasteiger partial charge in [-0.15, -0.1) is 15.0 Å². The molecular formula is C29H35N3O. The number of phenolic OH excluding ortho intramolecular Hbond substituents is 1. The highest BCUT2D eigenvalue weighted by Gasteiger charge is 2.25. The highest BCUT2D eigenvalue weighted by molar-refractivity contribution is 5.75. The summed E-state index contributed by atoms with van der Waals surface area (Å²) >= 11 is 0. The van der Waals surface area contributed by atoms with E-state index >= 15 is 0 Å². The molecule has 0 fully saturated rings. The van der Waals surface area contributed by atoms with Gasteiger partial charge in [0.05, 0.1) is 0 Å². The molecule has 0 saturated heterocycles. The molecule has 0 aliphatic heterocycles. The van der Waals surface area contributed by atoms with Crippen LogP contribution in [-0.2, 0) is 10.8 Å². The minimum Gasteiger partial charge on any atom is -0.506 e. The zero-order valence-corrected chi connectivity index (χ0v) is 20.5. The van der Waals surface area contributed by atoms with Gasteiger partial charge in [-0.1, -0.05) is 96.3 Å². The first-order chi connectivity index (χ1) is 15.7. The zero-order valence-electron chi connectivity index (χ0n) is 20.5. The predicted molar refractivity (Wildman–Crippen MR) is 136 cm³/mol. The average molecular weight is 442 g/mol. The molecule has 0 radical (unpaired) electrons. The van der Waals surface area contributed by atoms with Crippen molar-refractivity contribution in [2.24, 2.45) is 0 Å². The highest BCUT2D eigenvalue weighted by Crippen LogP contribution is 2.35. The Kier molecular flexibility index (Phi) is 6.29. The van der Waals surface area contributed by atoms with Crippen LogP contribution in [0.1, 0.15) is 77.0 Å². The van der Waals surface area contributed by atoms with E-state index in [1.54, 1.807) is 10.9 Å². The van der Waals surface area contributed by atoms with E-state index in [1.165, 1.54) is 36.0 Å². The fourth-order valence-electron chi connectivity index (χ4n) is 4.50. The first kappa shape index (κ1) is 23.0. The monoisotopic (exact) mass is 441 g/mol. The number of aromatic nitrogens is 3. The van der Waals surface area contributed by atoms with E-state index in [9.17, 15) is 5.11 Å². The minimum absolute atomic E-state index is 0.0249. The van der Waals surface area contributed by atoms with Gasteiger partial charge in [0, 0.05) is 5.41 Å². The van der Waals surface area contributed by atoms with Crippen molar-refractivity contribution < 1.29 is 5.11 Å². The van der Waals surface area contributed by atoms with Crippen molar-refractivity contribution in [1.82, 2.24) is 15.0 Å². The summed E-state index contributed by atoms with van der Waals surface area (Å²) in [6.07, 6.45) is 4.76. The second kappa shape index (κ2) is 9.01. The van der Waals surface area contributed by atoms with Gasteiger partial charge in [0.15, 0.2) is 0 Å². The maximum absolute atomic E-state index is 10.6. The summed E-state index contributed by atoms with van der Waals surface area (Å²) in [6.45, 7) is 11.2. The standard InChI is InChI=1S/C29H35N3O/c1-6-7-11-18-28(2,3)22-15-17-27(33)26(20-22)32-30-24-16-14-23(19-25(24)31-32)29(4,5)21-12-9-8-10-13-21/h8-10,12-17,19-20,33H,6-7,11,18H2,1-5H3. The normalized spacial score (nSPS) is 12.4. The van der Waals surface area contributed by atoms with Crippen LogP contribution in [0.3, 0.4) is 0 Å². The fraction of sp³-hybridized carbons (Fsp3) is 0.379. The molecule has 0 atom stereocenters. The summed E-state index contributed by atoms with van der Waals surface area (Å²) in [5, 5.41) is 20.1. The van der Waals surface area contributed by atoms with Gasteiger partial charge in [0.2, 0.25) is 0 Å². The van der Waals surface area contributed by atoms with E-state index in [2.05, 4.69) is 76.1 Å². The molecule has 4 aromatic rings. The van der Waals surface area contributed by atoms with Crippen LogP contribution in [-0.4, -0.2) is 20.1 Å². The number of hydrogen-bond acceptors (Lipinski definition) is 3. The molecule has 1 N–H and O–H groups in total. The molecule has 1 aromatic heterocycles. The molecular weight excluding hydrogens is 406 g/mol. The summed E-state index contributed by atoms with van der Waals surface area (Å²) in [4.78, 5) is 1.57. The summed E-state index contributed by atoms with van der Waals surface area (Å²) in [5.74, 6) is 0.188. The van der Waals surface area contributed by atoms with Crippen LogP contribution in [0.2, 0.25) is 0 Å². The third-order valence-electron chi connectivity index (χ3n) is 6.98. The second-order valence-electron chi connectivity index (χ2n) is 10.2. The topological polar surface area (TPSA) is 50.9 Å². The summed E-state index contributed by atoms with van der Waals surface area (Å²) in [7, 11) is 0. The molecule has 4 heteroatoms. The van der Waals surface area contributed by atoms with Gasteiger partial charge in [-0.3, -0.25) is 0 Å². The molecule has 3 aromatic carbocycles. The molecule has 0 aliphatic carbocycles. The highest BCUT2D eigenvalue weighted by atomic mass is 16.3. The van der Waals surface area contributed by atoms with Gasteiger partial charge in [0.25, 0.3) is 0 Å². The van der Waals surface area contributed by atoms with Crippen molar-refractivity contribution in [3.05, 3.63) is 83.4 Å². The van der Waals surface area contributed by atoms with Crippen molar-refractivity contribution in [3.63, 3.8) is 0 Å². The van der Waals surface area contributed by atoms with Crippen molar-refractivity contribution in [1.29, 1.82) is 0 Å². The number of aromatic hydroxyl groups is 1. The molecule has 4 rings (SSSR count). The van der Waals surface area contributed by atoms with Crippen LogP contribution in [0.25, 0.3) is 16.7 Å². The Morgan fingerprint density at radius 1 is 0.758 bits per heavy atom. The van der Waals surface area contributed by atoms with Crippen LogP contribution < -0.4 is 0 Å². The van der Waals surface area contributed by atoms with E-state index in [4.69, 9.17) is 5.10 Å². The first-order valence-corrected chi connectivity index (χ1v) is 12.0. The first-order valence-electron chi connectivity index (χ1n) is 12.0. The average Bonchev–Trinajstić information content (AvgIpc) is 3.23. The van der Waals surface area contributed by atoms with Gasteiger partial charge in [-0.05, 0) is 52.8 Å². The van der Waals surface area contributed by atoms with Gasteiger partial charge in [-0.25, -0.2) is 0 Å². The minimum atomic E-state index is -0.149. The predicted octanol–water partition coefficient (Wildman–Crippen LogP) is 7.31. The van der Waals surface area contributed by atoms with Crippen LogP contribution in [0, 0.1) is 0 Å². The largest absolute Gasteiger partial charge is 0.506 e. The van der Waals surface area contributed by atoms with Crippen molar-refractivity contribution >= 4 is 11.0 Å². The quantitative estimate of drug-likeness (QED) is 0.292. The third-order valence-corrected chi connectivity index (χ3v) is 6.98. The van der Waals surface area contributed by atoms with Gasteiger partial charge in [-0.2, -0.15) is 0 Å². The van der Waals surface area contributed by atoms with Crippen LogP contribution in [0.4, 0.5) is 0 Å². The number of unbranched alkanes of at least 4 members (excludes halogenated alkanes) is 2. The van der Waals surface area contributed by atoms with E-state index < -0.39 is 0 Å². The van der Waals surface area contributed by atoms with Crippen molar-refractivity contribution in [3.8, 4) is 11.4 Å². The lowest BCUT2D eigenvalue weighted by Gasteiger charge is -2.26. The SMILES string of the molecule is CCCCCC(C)(C)c1ccc(O)c(-n2nc3ccc(C(C)(C)c4ccccc4)cc3n2)c1. The molecule has 33 heavy (non-hydrogen) atoms. The van der Waals surface area contributed by atoms with Crippen molar-refractivity contribution in [2.75, 3.05) is 0 Å². The second-order valence-corrected chi connectivity index (χ2v) is 10.2. The van der Waals surface area contributed by atoms with Gasteiger partial charge in [0.1, 0.15) is 22.5 Å². The maximum Gasteiger partial charge on any atom is 0.143 e. The molecule has 0 bridgehead atoms. The number of fused-ring (bicyclic) bond motifs is 1. The number of rotatable bonds is 8. The molecule has 172 valence electrons. The van der Waals surface area contributed by atoms with Crippen LogP contribution in [0.5, 0.6) is 5.75 Å². The summed E-state index contributed by atoms with van der Waals surface area (Å²) in [5.41, 5.74) is 5.77. The Morgan fingerprint density at radius 3 is 2.18 bits per heavy atom. The molecule has 0 amide bonds. The fourth-order valence-corrected chi connectivity index (χ4v) is 4.50. The Balaban J connectivity index is 1.70.